The first-order valence-electron chi connectivity index (χ1n) is 14.6. The highest BCUT2D eigenvalue weighted by Gasteiger charge is 2.31. The van der Waals surface area contributed by atoms with Gasteiger partial charge in [-0.05, 0) is 60.9 Å². The molecule has 3 heterocycles. The Morgan fingerprint density at radius 2 is 1.92 bits per heavy atom. The van der Waals surface area contributed by atoms with Gasteiger partial charge in [0, 0.05) is 35.6 Å². The third-order valence-corrected chi connectivity index (χ3v) is 8.53. The van der Waals surface area contributed by atoms with Gasteiger partial charge in [0.2, 0.25) is 4.80 Å². The first-order chi connectivity index (χ1) is 22.9. The minimum absolute atomic E-state index is 0.0964. The Balaban J connectivity index is 0.000000191. The fraction of sp³-hybridized carbons (Fsp3) is 0.294. The van der Waals surface area contributed by atoms with Gasteiger partial charge in [-0.15, -0.1) is 6.42 Å². The summed E-state index contributed by atoms with van der Waals surface area (Å²) in [5.74, 6) is 4.11. The maximum absolute atomic E-state index is 14.5. The number of esters is 1. The fourth-order valence-corrected chi connectivity index (χ4v) is 6.14. The topological polar surface area (TPSA) is 104 Å². The van der Waals surface area contributed by atoms with Crippen molar-refractivity contribution >= 4 is 58.0 Å². The summed E-state index contributed by atoms with van der Waals surface area (Å²) in [5.41, 5.74) is 0.678. The van der Waals surface area contributed by atoms with Crippen molar-refractivity contribution in [3.05, 3.63) is 81.1 Å². The van der Waals surface area contributed by atoms with Crippen LogP contribution in [-0.2, 0) is 27.3 Å². The Kier molecular flexibility index (Phi) is 10.6. The number of carbonyl (C=O) groups excluding carboxylic acids is 2. The molecule has 48 heavy (non-hydrogen) atoms. The average Bonchev–Trinajstić information content (AvgIpc) is 3.56. The lowest BCUT2D eigenvalue weighted by Gasteiger charge is -2.28. The molecule has 1 aromatic heterocycles. The second-order valence-electron chi connectivity index (χ2n) is 11.6. The lowest BCUT2D eigenvalue weighted by molar-refractivity contribution is -0.147. The van der Waals surface area contributed by atoms with Crippen LogP contribution in [0.5, 0.6) is 23.0 Å². The number of halogens is 3. The summed E-state index contributed by atoms with van der Waals surface area (Å²) >= 11 is 13.1. The molecule has 0 saturated carbocycles. The predicted molar refractivity (Wildman–Crippen MR) is 181 cm³/mol. The number of anilines is 1. The van der Waals surface area contributed by atoms with Crippen LogP contribution in [0.15, 0.2) is 59.6 Å². The molecule has 4 aromatic rings. The highest BCUT2D eigenvalue weighted by molar-refractivity contribution is 7.02. The van der Waals surface area contributed by atoms with Crippen LogP contribution in [0.3, 0.4) is 0 Å². The Morgan fingerprint density at radius 3 is 2.60 bits per heavy atom. The number of carbonyl (C=O) groups is 2. The van der Waals surface area contributed by atoms with E-state index in [1.165, 1.54) is 35.7 Å². The molecule has 1 atom stereocenters. The molecule has 6 rings (SSSR count). The van der Waals surface area contributed by atoms with Crippen molar-refractivity contribution in [2.45, 2.75) is 39.8 Å². The van der Waals surface area contributed by atoms with Gasteiger partial charge in [-0.2, -0.15) is 4.37 Å². The molecule has 1 unspecified atom stereocenters. The number of nitrogens with zero attached hydrogens (tertiary/aromatic N) is 4. The van der Waals surface area contributed by atoms with Crippen molar-refractivity contribution in [1.82, 2.24) is 8.94 Å². The monoisotopic (exact) mass is 712 g/mol. The number of aromatic nitrogens is 2. The van der Waals surface area contributed by atoms with Crippen molar-refractivity contribution in [2.75, 3.05) is 25.2 Å². The maximum atomic E-state index is 14.5. The molecule has 0 bridgehead atoms. The summed E-state index contributed by atoms with van der Waals surface area (Å²) in [4.78, 5) is 29.9. The molecule has 14 heteroatoms. The molecule has 0 fully saturated rings. The van der Waals surface area contributed by atoms with Gasteiger partial charge in [-0.1, -0.05) is 43.0 Å². The SMILES string of the molecule is C#CCN1C(=O)COc2cc(F)c(N=c3snc4n3CC(C)(C)C4)cc21.COC(=O)C(C)Oc1ccc(Oc2ccc(Cl)cc2Cl)cc1. The molecule has 3 aromatic carbocycles. The average molecular weight is 714 g/mol. The molecule has 10 nitrogen and oxygen atoms in total. The number of hydrogen-bond donors (Lipinski definition) is 0. The van der Waals surface area contributed by atoms with Crippen LogP contribution in [0.1, 0.15) is 26.6 Å². The van der Waals surface area contributed by atoms with E-state index in [9.17, 15) is 14.0 Å². The second kappa shape index (κ2) is 14.7. The third kappa shape index (κ3) is 8.10. The van der Waals surface area contributed by atoms with E-state index >= 15 is 0 Å². The number of methoxy groups -OCH3 is 1. The number of ether oxygens (including phenoxy) is 4. The van der Waals surface area contributed by atoms with Gasteiger partial charge >= 0.3 is 5.97 Å². The van der Waals surface area contributed by atoms with E-state index in [0.29, 0.717) is 43.5 Å². The molecular weight excluding hydrogens is 682 g/mol. The summed E-state index contributed by atoms with van der Waals surface area (Å²) in [5, 5.41) is 0.963. The smallest absolute Gasteiger partial charge is 0.346 e. The van der Waals surface area contributed by atoms with Crippen LogP contribution in [-0.4, -0.2) is 47.2 Å². The van der Waals surface area contributed by atoms with Gasteiger partial charge in [0.05, 0.1) is 24.4 Å². The van der Waals surface area contributed by atoms with Crippen molar-refractivity contribution in [2.24, 2.45) is 10.4 Å². The number of fused-ring (bicyclic) bond motifs is 2. The molecule has 2 aliphatic rings. The van der Waals surface area contributed by atoms with Crippen LogP contribution in [0.4, 0.5) is 15.8 Å². The second-order valence-corrected chi connectivity index (χ2v) is 13.2. The molecule has 2 aliphatic heterocycles. The first-order valence-corrected chi connectivity index (χ1v) is 16.2. The normalized spacial score (nSPS) is 15.2. The van der Waals surface area contributed by atoms with Gasteiger partial charge in [-0.3, -0.25) is 9.69 Å². The lowest BCUT2D eigenvalue weighted by Crippen LogP contribution is -2.39. The van der Waals surface area contributed by atoms with E-state index in [1.54, 1.807) is 49.4 Å². The van der Waals surface area contributed by atoms with Gasteiger partial charge in [0.1, 0.15) is 34.5 Å². The zero-order chi connectivity index (χ0) is 34.6. The lowest BCUT2D eigenvalue weighted by atomic mass is 9.92. The number of hydrogen-bond acceptors (Lipinski definition) is 9. The summed E-state index contributed by atoms with van der Waals surface area (Å²) in [6.45, 7) is 6.67. The fourth-order valence-electron chi connectivity index (χ4n) is 4.94. The molecule has 0 N–H and O–H groups in total. The quantitative estimate of drug-likeness (QED) is 0.150. The van der Waals surface area contributed by atoms with Gasteiger partial charge in [0.15, 0.2) is 18.5 Å². The Labute approximate surface area is 290 Å². The number of rotatable bonds is 7. The van der Waals surface area contributed by atoms with Crippen molar-refractivity contribution in [1.29, 1.82) is 0 Å². The zero-order valence-corrected chi connectivity index (χ0v) is 28.8. The maximum Gasteiger partial charge on any atom is 0.346 e. The highest BCUT2D eigenvalue weighted by Crippen LogP contribution is 2.38. The van der Waals surface area contributed by atoms with E-state index in [0.717, 1.165) is 18.8 Å². The molecule has 0 saturated heterocycles. The number of terminal acetylenes is 1. The summed E-state index contributed by atoms with van der Waals surface area (Å²) in [6, 6.07) is 14.6. The third-order valence-electron chi connectivity index (χ3n) is 7.23. The minimum atomic E-state index is -0.678. The van der Waals surface area contributed by atoms with Crippen LogP contribution >= 0.6 is 34.7 Å². The zero-order valence-electron chi connectivity index (χ0n) is 26.5. The molecule has 0 radical (unpaired) electrons. The van der Waals surface area contributed by atoms with E-state index in [2.05, 4.69) is 33.9 Å². The van der Waals surface area contributed by atoms with Gasteiger partial charge in [-0.25, -0.2) is 14.2 Å². The summed E-state index contributed by atoms with van der Waals surface area (Å²) < 4.78 is 42.0. The molecular formula is C34H31Cl2FN4O6S. The molecule has 0 spiro atoms. The Bertz CT molecular complexity index is 1950. The van der Waals surface area contributed by atoms with Crippen molar-refractivity contribution in [3.63, 3.8) is 0 Å². The highest BCUT2D eigenvalue weighted by atomic mass is 35.5. The summed E-state index contributed by atoms with van der Waals surface area (Å²) in [7, 11) is 1.31. The standard InChI is InChI=1S/C18H17FN4O2S.C16H14Cl2O4/c1-4-5-22-13-7-12(11(19)6-14(13)25-9-16(22)24)20-17-23-10-18(2,3)8-15(23)21-26-17;1-10(16(19)20-2)21-12-4-6-13(7-5-12)22-15-8-3-11(17)9-14(15)18/h1,6-7H,5,8-10H2,2-3H3;3-10H,1-2H3. The van der Waals surface area contributed by atoms with Crippen LogP contribution in [0.2, 0.25) is 10.0 Å². The van der Waals surface area contributed by atoms with Crippen LogP contribution in [0.25, 0.3) is 0 Å². The Hall–Kier alpha value is -4.57. The molecule has 250 valence electrons. The predicted octanol–water partition coefficient (Wildman–Crippen LogP) is 6.98. The van der Waals surface area contributed by atoms with E-state index in [4.69, 9.17) is 43.8 Å². The van der Waals surface area contributed by atoms with E-state index in [1.807, 2.05) is 4.57 Å². The van der Waals surface area contributed by atoms with Crippen molar-refractivity contribution < 1.29 is 32.9 Å². The molecule has 1 amide bonds. The number of amides is 1. The van der Waals surface area contributed by atoms with Crippen LogP contribution in [0, 0.1) is 23.6 Å². The largest absolute Gasteiger partial charge is 0.481 e. The van der Waals surface area contributed by atoms with Gasteiger partial charge < -0.3 is 23.5 Å². The van der Waals surface area contributed by atoms with Crippen LogP contribution < -0.4 is 23.9 Å². The summed E-state index contributed by atoms with van der Waals surface area (Å²) in [6.07, 6.45) is 5.54. The van der Waals surface area contributed by atoms with Crippen molar-refractivity contribution in [3.8, 4) is 35.3 Å². The van der Waals surface area contributed by atoms with E-state index in [-0.39, 0.29) is 30.2 Å². The number of benzene rings is 3. The Morgan fingerprint density at radius 1 is 1.19 bits per heavy atom. The first kappa shape index (κ1) is 34.8. The van der Waals surface area contributed by atoms with E-state index < -0.39 is 17.9 Å². The molecule has 0 aliphatic carbocycles. The minimum Gasteiger partial charge on any atom is -0.481 e. The van der Waals surface area contributed by atoms with Gasteiger partial charge in [0.25, 0.3) is 5.91 Å².